The molecule has 0 N–H and O–H groups in total. The van der Waals surface area contributed by atoms with E-state index in [9.17, 15) is 4.79 Å². The number of benzene rings is 2. The van der Waals surface area contributed by atoms with Gasteiger partial charge in [0.2, 0.25) is 11.5 Å². The Bertz CT molecular complexity index is 1270. The van der Waals surface area contributed by atoms with E-state index in [1.807, 2.05) is 24.4 Å². The van der Waals surface area contributed by atoms with Gasteiger partial charge in [-0.1, -0.05) is 6.07 Å². The maximum absolute atomic E-state index is 13.2. The molecule has 0 spiro atoms. The number of carbonyl (C=O) groups is 1. The van der Waals surface area contributed by atoms with Crippen LogP contribution in [0.4, 0.5) is 0 Å². The van der Waals surface area contributed by atoms with Crippen molar-refractivity contribution in [2.75, 3.05) is 28.1 Å². The summed E-state index contributed by atoms with van der Waals surface area (Å²) in [4.78, 5) is 19.5. The standard InChI is InChI=1S/C26H24N2O6/c1-30-21-8-6-17(24(31-2)26(21)32-3)11-22-23(29)18-7-9-20-19(25(18)34-22)14-28(15-33-20)13-16-5-4-10-27-12-16/h4-12H,13-15H2,1-3H3. The van der Waals surface area contributed by atoms with Gasteiger partial charge >= 0.3 is 0 Å². The molecule has 34 heavy (non-hydrogen) atoms. The fraction of sp³-hybridized carbons (Fsp3) is 0.231. The third-order valence-electron chi connectivity index (χ3n) is 5.83. The molecule has 174 valence electrons. The summed E-state index contributed by atoms with van der Waals surface area (Å²) in [6.07, 6.45) is 5.24. The summed E-state index contributed by atoms with van der Waals surface area (Å²) in [6.45, 7) is 1.71. The van der Waals surface area contributed by atoms with Gasteiger partial charge in [0.1, 0.15) is 18.2 Å². The van der Waals surface area contributed by atoms with Crippen LogP contribution < -0.4 is 23.7 Å². The largest absolute Gasteiger partial charge is 0.493 e. The topological polar surface area (TPSA) is 79.4 Å². The fourth-order valence-electron chi connectivity index (χ4n) is 4.23. The van der Waals surface area contributed by atoms with E-state index < -0.39 is 0 Å². The number of ketones is 1. The van der Waals surface area contributed by atoms with Crippen molar-refractivity contribution < 1.29 is 28.5 Å². The number of ether oxygens (including phenoxy) is 5. The van der Waals surface area contributed by atoms with Crippen LogP contribution in [0.1, 0.15) is 27.0 Å². The number of rotatable bonds is 6. The van der Waals surface area contributed by atoms with Gasteiger partial charge in [-0.25, -0.2) is 0 Å². The highest BCUT2D eigenvalue weighted by molar-refractivity contribution is 6.15. The van der Waals surface area contributed by atoms with Gasteiger partial charge in [0, 0.05) is 31.0 Å². The number of methoxy groups -OCH3 is 3. The van der Waals surface area contributed by atoms with E-state index in [0.29, 0.717) is 53.9 Å². The molecule has 8 heteroatoms. The zero-order chi connectivity index (χ0) is 23.7. The van der Waals surface area contributed by atoms with Gasteiger partial charge in [-0.2, -0.15) is 0 Å². The van der Waals surface area contributed by atoms with Gasteiger partial charge in [-0.05, 0) is 42.0 Å². The summed E-state index contributed by atoms with van der Waals surface area (Å²) >= 11 is 0. The Balaban J connectivity index is 1.46. The van der Waals surface area contributed by atoms with Crippen molar-refractivity contribution in [1.82, 2.24) is 9.88 Å². The average Bonchev–Trinajstić information content (AvgIpc) is 3.19. The van der Waals surface area contributed by atoms with Gasteiger partial charge in [-0.3, -0.25) is 14.7 Å². The minimum atomic E-state index is -0.195. The van der Waals surface area contributed by atoms with Crippen LogP contribution in [0.5, 0.6) is 28.7 Å². The lowest BCUT2D eigenvalue weighted by atomic mass is 10.0. The van der Waals surface area contributed by atoms with Crippen molar-refractivity contribution >= 4 is 11.9 Å². The molecule has 0 fully saturated rings. The van der Waals surface area contributed by atoms with Gasteiger partial charge in [0.05, 0.1) is 32.5 Å². The number of allylic oxidation sites excluding steroid dienone is 1. The number of aromatic nitrogens is 1. The van der Waals surface area contributed by atoms with Crippen molar-refractivity contribution in [3.05, 3.63) is 76.8 Å². The molecule has 3 heterocycles. The lowest BCUT2D eigenvalue weighted by Gasteiger charge is -2.29. The first-order valence-corrected chi connectivity index (χ1v) is 10.8. The van der Waals surface area contributed by atoms with Crippen molar-refractivity contribution in [2.24, 2.45) is 0 Å². The summed E-state index contributed by atoms with van der Waals surface area (Å²) in [5, 5.41) is 0. The zero-order valence-corrected chi connectivity index (χ0v) is 19.2. The van der Waals surface area contributed by atoms with E-state index in [0.717, 1.165) is 16.9 Å². The van der Waals surface area contributed by atoms with Crippen molar-refractivity contribution in [2.45, 2.75) is 13.1 Å². The van der Waals surface area contributed by atoms with E-state index in [2.05, 4.69) is 9.88 Å². The molecule has 0 aliphatic carbocycles. The maximum Gasteiger partial charge on any atom is 0.231 e. The Morgan fingerprint density at radius 2 is 1.91 bits per heavy atom. The Morgan fingerprint density at radius 3 is 2.65 bits per heavy atom. The molecule has 0 radical (unpaired) electrons. The number of hydrogen-bond donors (Lipinski definition) is 0. The summed E-state index contributed by atoms with van der Waals surface area (Å²) in [5.41, 5.74) is 3.08. The first-order chi connectivity index (χ1) is 16.6. The Labute approximate surface area is 197 Å². The highest BCUT2D eigenvalue weighted by atomic mass is 16.5. The van der Waals surface area contributed by atoms with E-state index in [1.54, 1.807) is 37.6 Å². The number of carbonyl (C=O) groups excluding carboxylic acids is 1. The van der Waals surface area contributed by atoms with Crippen molar-refractivity contribution in [1.29, 1.82) is 0 Å². The van der Waals surface area contributed by atoms with E-state index in [-0.39, 0.29) is 11.5 Å². The lowest BCUT2D eigenvalue weighted by Crippen LogP contribution is -2.31. The molecule has 5 rings (SSSR count). The maximum atomic E-state index is 13.2. The second kappa shape index (κ2) is 9.07. The highest BCUT2D eigenvalue weighted by Gasteiger charge is 2.34. The first-order valence-electron chi connectivity index (χ1n) is 10.8. The summed E-state index contributed by atoms with van der Waals surface area (Å²) < 4.78 is 28.4. The molecule has 0 atom stereocenters. The zero-order valence-electron chi connectivity index (χ0n) is 19.2. The third kappa shape index (κ3) is 3.82. The fourth-order valence-corrected chi connectivity index (χ4v) is 4.23. The molecule has 0 amide bonds. The molecule has 8 nitrogen and oxygen atoms in total. The Hall–Kier alpha value is -4.04. The second-order valence-corrected chi connectivity index (χ2v) is 7.90. The molecule has 3 aromatic rings. The molecule has 0 saturated carbocycles. The van der Waals surface area contributed by atoms with E-state index >= 15 is 0 Å². The molecular weight excluding hydrogens is 436 g/mol. The third-order valence-corrected chi connectivity index (χ3v) is 5.83. The van der Waals surface area contributed by atoms with Gasteiger partial charge in [-0.15, -0.1) is 0 Å². The number of hydrogen-bond acceptors (Lipinski definition) is 8. The number of nitrogens with zero attached hydrogens (tertiary/aromatic N) is 2. The van der Waals surface area contributed by atoms with Gasteiger partial charge < -0.3 is 23.7 Å². The Kier molecular flexibility index (Phi) is 5.81. The van der Waals surface area contributed by atoms with Gasteiger partial charge in [0.25, 0.3) is 0 Å². The summed E-state index contributed by atoms with van der Waals surface area (Å²) in [7, 11) is 4.63. The van der Waals surface area contributed by atoms with Crippen molar-refractivity contribution in [3.8, 4) is 28.7 Å². The average molecular weight is 460 g/mol. The molecule has 0 bridgehead atoms. The molecular formula is C26H24N2O6. The highest BCUT2D eigenvalue weighted by Crippen LogP contribution is 2.44. The quantitative estimate of drug-likeness (QED) is 0.510. The molecule has 1 aromatic heterocycles. The molecule has 0 unspecified atom stereocenters. The minimum Gasteiger partial charge on any atom is -0.493 e. The van der Waals surface area contributed by atoms with Crippen molar-refractivity contribution in [3.63, 3.8) is 0 Å². The minimum absolute atomic E-state index is 0.195. The van der Waals surface area contributed by atoms with Crippen LogP contribution in [0.2, 0.25) is 0 Å². The van der Waals surface area contributed by atoms with E-state index in [1.165, 1.54) is 14.2 Å². The van der Waals surface area contributed by atoms with Crippen LogP contribution in [0.15, 0.2) is 54.6 Å². The van der Waals surface area contributed by atoms with Crippen LogP contribution in [0, 0.1) is 0 Å². The summed E-state index contributed by atoms with van der Waals surface area (Å²) in [6, 6.07) is 11.1. The number of pyridine rings is 1. The van der Waals surface area contributed by atoms with Crippen LogP contribution in [0.25, 0.3) is 6.08 Å². The number of Topliss-reactive ketones (excluding diaryl/α,β-unsaturated/α-hetero) is 1. The van der Waals surface area contributed by atoms with Crippen LogP contribution >= 0.6 is 0 Å². The molecule has 2 aliphatic heterocycles. The van der Waals surface area contributed by atoms with E-state index in [4.69, 9.17) is 23.7 Å². The predicted molar refractivity (Wildman–Crippen MR) is 124 cm³/mol. The normalized spacial score (nSPS) is 15.9. The monoisotopic (exact) mass is 460 g/mol. The molecule has 0 saturated heterocycles. The lowest BCUT2D eigenvalue weighted by molar-refractivity contribution is 0.0872. The second-order valence-electron chi connectivity index (χ2n) is 7.90. The smallest absolute Gasteiger partial charge is 0.231 e. The molecule has 2 aromatic carbocycles. The van der Waals surface area contributed by atoms with Crippen LogP contribution in [-0.4, -0.2) is 43.7 Å². The summed E-state index contributed by atoms with van der Waals surface area (Å²) in [5.74, 6) is 2.69. The van der Waals surface area contributed by atoms with Crippen LogP contribution in [-0.2, 0) is 13.1 Å². The number of fused-ring (bicyclic) bond motifs is 3. The SMILES string of the molecule is COc1ccc(C=C2Oc3c(ccc4c3CN(Cc3cccnc3)CO4)C2=O)c(OC)c1OC. The van der Waals surface area contributed by atoms with Gasteiger partial charge in [0.15, 0.2) is 17.3 Å². The Morgan fingerprint density at radius 1 is 1.06 bits per heavy atom. The first kappa shape index (κ1) is 21.8. The van der Waals surface area contributed by atoms with Crippen LogP contribution in [0.3, 0.4) is 0 Å². The molecule has 2 aliphatic rings. The predicted octanol–water partition coefficient (Wildman–Crippen LogP) is 4.08.